The van der Waals surface area contributed by atoms with Crippen molar-refractivity contribution >= 4 is 17.3 Å². The van der Waals surface area contributed by atoms with Crippen molar-refractivity contribution in [3.05, 3.63) is 52.1 Å². The molecule has 0 aliphatic carbocycles. The zero-order valence-corrected chi connectivity index (χ0v) is 23.5. The van der Waals surface area contributed by atoms with Gasteiger partial charge in [0.15, 0.2) is 17.3 Å². The number of aryl methyl sites for hydroxylation is 4. The van der Waals surface area contributed by atoms with Gasteiger partial charge in [0.05, 0.1) is 27.9 Å². The Morgan fingerprint density at radius 3 is 2.14 bits per heavy atom. The van der Waals surface area contributed by atoms with E-state index in [1.54, 1.807) is 28.4 Å². The van der Waals surface area contributed by atoms with Crippen molar-refractivity contribution in [3.8, 4) is 17.2 Å². The van der Waals surface area contributed by atoms with Gasteiger partial charge in [-0.1, -0.05) is 17.7 Å². The summed E-state index contributed by atoms with van der Waals surface area (Å²) >= 11 is 0. The summed E-state index contributed by atoms with van der Waals surface area (Å²) < 4.78 is 24.3. The molecule has 2 heterocycles. The third-order valence-electron chi connectivity index (χ3n) is 7.02. The van der Waals surface area contributed by atoms with E-state index < -0.39 is 0 Å². The van der Waals surface area contributed by atoms with Crippen molar-refractivity contribution in [1.29, 1.82) is 0 Å². The largest absolute Gasteiger partial charge is 0.493 e. The SMILES string of the molecule is COCCN(Cc1cc(OC)c(OC)c(OC)c1)c1c2c(nn1C)N(c1c(C)cc(C)cc1C)CCC2. The lowest BCUT2D eigenvalue weighted by Crippen LogP contribution is -2.30. The Labute approximate surface area is 220 Å². The van der Waals surface area contributed by atoms with E-state index in [0.29, 0.717) is 30.4 Å². The minimum Gasteiger partial charge on any atom is -0.493 e. The van der Waals surface area contributed by atoms with Gasteiger partial charge in [-0.3, -0.25) is 4.68 Å². The number of benzene rings is 2. The van der Waals surface area contributed by atoms with Crippen molar-refractivity contribution in [2.24, 2.45) is 7.05 Å². The Hall–Kier alpha value is -3.39. The third-order valence-corrected chi connectivity index (χ3v) is 7.02. The molecule has 4 rings (SSSR count). The topological polar surface area (TPSA) is 61.2 Å². The van der Waals surface area contributed by atoms with Gasteiger partial charge < -0.3 is 28.7 Å². The Morgan fingerprint density at radius 2 is 1.57 bits per heavy atom. The van der Waals surface area contributed by atoms with E-state index in [1.165, 1.54) is 27.9 Å². The molecule has 8 nitrogen and oxygen atoms in total. The number of nitrogens with zero attached hydrogens (tertiary/aromatic N) is 4. The number of methoxy groups -OCH3 is 4. The van der Waals surface area contributed by atoms with Gasteiger partial charge in [-0.15, -0.1) is 0 Å². The average Bonchev–Trinajstić information content (AvgIpc) is 3.21. The highest BCUT2D eigenvalue weighted by atomic mass is 16.5. The van der Waals surface area contributed by atoms with Crippen LogP contribution in [-0.2, 0) is 24.8 Å². The summed E-state index contributed by atoms with van der Waals surface area (Å²) in [6.07, 6.45) is 2.05. The first-order valence-corrected chi connectivity index (χ1v) is 12.8. The van der Waals surface area contributed by atoms with Gasteiger partial charge in [-0.25, -0.2) is 0 Å². The predicted molar refractivity (Wildman–Crippen MR) is 148 cm³/mol. The number of anilines is 3. The maximum atomic E-state index is 5.61. The van der Waals surface area contributed by atoms with E-state index in [0.717, 1.165) is 43.1 Å². The Morgan fingerprint density at radius 1 is 0.919 bits per heavy atom. The molecule has 1 aliphatic heterocycles. The molecule has 0 radical (unpaired) electrons. The number of fused-ring (bicyclic) bond motifs is 1. The molecule has 0 atom stereocenters. The van der Waals surface area contributed by atoms with E-state index in [2.05, 4.69) is 42.7 Å². The summed E-state index contributed by atoms with van der Waals surface area (Å²) in [5.74, 6) is 4.05. The smallest absolute Gasteiger partial charge is 0.203 e. The summed E-state index contributed by atoms with van der Waals surface area (Å²) in [7, 11) is 8.68. The molecule has 1 aliphatic rings. The van der Waals surface area contributed by atoms with Crippen LogP contribution in [0, 0.1) is 20.8 Å². The summed E-state index contributed by atoms with van der Waals surface area (Å²) in [5, 5.41) is 5.07. The highest BCUT2D eigenvalue weighted by Crippen LogP contribution is 2.42. The molecule has 0 bridgehead atoms. The van der Waals surface area contributed by atoms with Crippen LogP contribution in [0.4, 0.5) is 17.3 Å². The van der Waals surface area contributed by atoms with Gasteiger partial charge in [0, 0.05) is 45.0 Å². The van der Waals surface area contributed by atoms with E-state index in [-0.39, 0.29) is 0 Å². The second-order valence-electron chi connectivity index (χ2n) is 9.70. The van der Waals surface area contributed by atoms with Gasteiger partial charge in [0.25, 0.3) is 0 Å². The van der Waals surface area contributed by atoms with Crippen LogP contribution in [0.2, 0.25) is 0 Å². The molecule has 0 saturated heterocycles. The zero-order valence-electron chi connectivity index (χ0n) is 23.5. The fraction of sp³-hybridized carbons (Fsp3) is 0.483. The molecule has 1 aromatic heterocycles. The lowest BCUT2D eigenvalue weighted by molar-refractivity contribution is 0.204. The summed E-state index contributed by atoms with van der Waals surface area (Å²) in [4.78, 5) is 4.74. The fourth-order valence-electron chi connectivity index (χ4n) is 5.63. The fourth-order valence-corrected chi connectivity index (χ4v) is 5.63. The number of aromatic nitrogens is 2. The first-order valence-electron chi connectivity index (χ1n) is 12.8. The van der Waals surface area contributed by atoms with Crippen LogP contribution in [0.5, 0.6) is 17.2 Å². The molecule has 37 heavy (non-hydrogen) atoms. The van der Waals surface area contributed by atoms with Crippen LogP contribution < -0.4 is 24.0 Å². The van der Waals surface area contributed by atoms with Crippen molar-refractivity contribution in [2.45, 2.75) is 40.2 Å². The maximum Gasteiger partial charge on any atom is 0.203 e. The van der Waals surface area contributed by atoms with Gasteiger partial charge in [0.2, 0.25) is 5.75 Å². The summed E-state index contributed by atoms with van der Waals surface area (Å²) in [5.41, 5.74) is 7.45. The Bertz CT molecular complexity index is 1200. The summed E-state index contributed by atoms with van der Waals surface area (Å²) in [6, 6.07) is 8.54. The number of hydrogen-bond acceptors (Lipinski definition) is 7. The van der Waals surface area contributed by atoms with Gasteiger partial charge >= 0.3 is 0 Å². The normalized spacial score (nSPS) is 12.9. The van der Waals surface area contributed by atoms with E-state index in [9.17, 15) is 0 Å². The van der Waals surface area contributed by atoms with Gasteiger partial charge in [-0.05, 0) is 62.4 Å². The number of hydrogen-bond donors (Lipinski definition) is 0. The first-order chi connectivity index (χ1) is 17.8. The van der Waals surface area contributed by atoms with Crippen LogP contribution in [0.25, 0.3) is 0 Å². The number of rotatable bonds is 10. The lowest BCUT2D eigenvalue weighted by Gasteiger charge is -2.32. The maximum absolute atomic E-state index is 5.61. The molecule has 8 heteroatoms. The van der Waals surface area contributed by atoms with Crippen LogP contribution in [-0.4, -0.2) is 57.9 Å². The second kappa shape index (κ2) is 11.3. The van der Waals surface area contributed by atoms with E-state index in [4.69, 9.17) is 24.0 Å². The number of ether oxygens (including phenoxy) is 4. The predicted octanol–water partition coefficient (Wildman–Crippen LogP) is 5.11. The minimum absolute atomic E-state index is 0.592. The van der Waals surface area contributed by atoms with Gasteiger partial charge in [0.1, 0.15) is 5.82 Å². The highest BCUT2D eigenvalue weighted by Gasteiger charge is 2.30. The highest BCUT2D eigenvalue weighted by molar-refractivity contribution is 5.74. The van der Waals surface area contributed by atoms with Crippen molar-refractivity contribution < 1.29 is 18.9 Å². The zero-order chi connectivity index (χ0) is 26.7. The average molecular weight is 509 g/mol. The van der Waals surface area contributed by atoms with Crippen molar-refractivity contribution in [3.63, 3.8) is 0 Å². The lowest BCUT2D eigenvalue weighted by atomic mass is 10.00. The summed E-state index contributed by atoms with van der Waals surface area (Å²) in [6.45, 7) is 9.48. The van der Waals surface area contributed by atoms with Crippen LogP contribution >= 0.6 is 0 Å². The molecule has 0 spiro atoms. The molecule has 0 unspecified atom stereocenters. The Kier molecular flexibility index (Phi) is 8.17. The molecule has 2 aromatic carbocycles. The third kappa shape index (κ3) is 5.21. The quantitative estimate of drug-likeness (QED) is 0.377. The monoisotopic (exact) mass is 508 g/mol. The van der Waals surface area contributed by atoms with Gasteiger partial charge in [-0.2, -0.15) is 5.10 Å². The molecular formula is C29H40N4O4. The van der Waals surface area contributed by atoms with Crippen LogP contribution in [0.1, 0.15) is 34.2 Å². The molecule has 0 saturated carbocycles. The molecule has 0 amide bonds. The van der Waals surface area contributed by atoms with E-state index in [1.807, 2.05) is 23.9 Å². The van der Waals surface area contributed by atoms with Crippen LogP contribution in [0.15, 0.2) is 24.3 Å². The second-order valence-corrected chi connectivity index (χ2v) is 9.70. The van der Waals surface area contributed by atoms with Crippen molar-refractivity contribution in [1.82, 2.24) is 9.78 Å². The first kappa shape index (κ1) is 26.7. The van der Waals surface area contributed by atoms with E-state index >= 15 is 0 Å². The Balaban J connectivity index is 1.77. The molecule has 200 valence electrons. The standard InChI is InChI=1S/C29H40N4O4/c1-19-14-20(2)26(21(3)15-19)33-11-9-10-23-28(33)30-31(4)29(23)32(12-13-34-5)18-22-16-24(35-6)27(37-8)25(17-22)36-7/h14-17H,9-13,18H2,1-8H3. The molecule has 0 fully saturated rings. The molecule has 3 aromatic rings. The minimum atomic E-state index is 0.592. The van der Waals surface area contributed by atoms with Crippen LogP contribution in [0.3, 0.4) is 0 Å². The molecule has 0 N–H and O–H groups in total. The van der Waals surface area contributed by atoms with Crippen molar-refractivity contribution in [2.75, 3.05) is 57.9 Å². The molecular weight excluding hydrogens is 468 g/mol.